The van der Waals surface area contributed by atoms with E-state index in [9.17, 15) is 0 Å². The average molecular weight is 166 g/mol. The smallest absolute Gasteiger partial charge is 0.149 e. The van der Waals surface area contributed by atoms with E-state index < -0.39 is 0 Å². The van der Waals surface area contributed by atoms with Crippen LogP contribution in [-0.2, 0) is 0 Å². The number of hydrogen-bond acceptors (Lipinski definition) is 6. The molecule has 0 spiro atoms. The monoisotopic (exact) mass is 166 g/mol. The molecular weight excluding hydrogens is 156 g/mol. The lowest BCUT2D eigenvalue weighted by Gasteiger charge is -2.27. The van der Waals surface area contributed by atoms with Crippen LogP contribution in [0.5, 0.6) is 0 Å². The highest BCUT2D eigenvalue weighted by atomic mass is 15.5. The maximum absolute atomic E-state index is 5.58. The van der Waals surface area contributed by atoms with Gasteiger partial charge in [0.15, 0.2) is 0 Å². The third-order valence-electron chi connectivity index (χ3n) is 1.74. The van der Waals surface area contributed by atoms with Gasteiger partial charge in [0.25, 0.3) is 0 Å². The van der Waals surface area contributed by atoms with Gasteiger partial charge in [0.05, 0.1) is 12.4 Å². The van der Waals surface area contributed by atoms with Crippen LogP contribution in [0.15, 0.2) is 36.4 Å². The van der Waals surface area contributed by atoms with Gasteiger partial charge in [-0.3, -0.25) is 10.0 Å². The normalized spacial score (nSPS) is 21.0. The van der Waals surface area contributed by atoms with Crippen molar-refractivity contribution < 1.29 is 0 Å². The molecule has 64 valence electrons. The van der Waals surface area contributed by atoms with Crippen LogP contribution < -0.4 is 17.4 Å². The number of nitrogens with two attached hydrogens (primary N) is 3. The molecule has 6 heteroatoms. The van der Waals surface area contributed by atoms with Gasteiger partial charge in [-0.2, -0.15) is 0 Å². The highest BCUT2D eigenvalue weighted by Crippen LogP contribution is 2.21. The predicted molar refractivity (Wildman–Crippen MR) is 43.4 cm³/mol. The first-order chi connectivity index (χ1) is 5.68. The molecule has 0 aliphatic carbocycles. The molecule has 0 unspecified atom stereocenters. The minimum Gasteiger partial charge on any atom is -0.383 e. The summed E-state index contributed by atoms with van der Waals surface area (Å²) in [6, 6.07) is 0. The van der Waals surface area contributed by atoms with E-state index in [0.29, 0.717) is 5.82 Å². The Labute approximate surface area is 69.7 Å². The zero-order valence-corrected chi connectivity index (χ0v) is 6.38. The summed E-state index contributed by atoms with van der Waals surface area (Å²) in [6.45, 7) is 0. The van der Waals surface area contributed by atoms with Gasteiger partial charge in [0, 0.05) is 12.4 Å². The summed E-state index contributed by atoms with van der Waals surface area (Å²) in [4.78, 5) is 1.79. The van der Waals surface area contributed by atoms with E-state index in [4.69, 9.17) is 17.4 Å². The van der Waals surface area contributed by atoms with Gasteiger partial charge >= 0.3 is 0 Å². The van der Waals surface area contributed by atoms with Crippen molar-refractivity contribution in [3.63, 3.8) is 0 Å². The standard InChI is InChI=1S/C6H10N6/c7-5-3-10-1-2-11(8)6(10)4-12(5)9/h1-4H,7-9H2. The molecule has 0 fully saturated rings. The summed E-state index contributed by atoms with van der Waals surface area (Å²) >= 11 is 0. The SMILES string of the molecule is NC1=CN2C=CN(N)C2=CN1N. The van der Waals surface area contributed by atoms with Gasteiger partial charge in [0.1, 0.15) is 11.6 Å². The van der Waals surface area contributed by atoms with E-state index in [0.717, 1.165) is 5.82 Å². The van der Waals surface area contributed by atoms with Crippen LogP contribution in [0.3, 0.4) is 0 Å². The molecule has 2 rings (SSSR count). The molecule has 0 radical (unpaired) electrons. The van der Waals surface area contributed by atoms with Crippen LogP contribution >= 0.6 is 0 Å². The van der Waals surface area contributed by atoms with E-state index in [1.54, 1.807) is 29.7 Å². The summed E-state index contributed by atoms with van der Waals surface area (Å²) < 4.78 is 0. The lowest BCUT2D eigenvalue weighted by atomic mass is 10.5. The molecule has 6 nitrogen and oxygen atoms in total. The first kappa shape index (κ1) is 7.01. The Hall–Kier alpha value is -1.66. The van der Waals surface area contributed by atoms with Crippen molar-refractivity contribution in [1.82, 2.24) is 14.9 Å². The quantitative estimate of drug-likeness (QED) is 0.387. The molecule has 0 saturated heterocycles. The summed E-state index contributed by atoms with van der Waals surface area (Å²) in [5, 5.41) is 2.78. The Morgan fingerprint density at radius 1 is 1.00 bits per heavy atom. The molecule has 2 aliphatic rings. The van der Waals surface area contributed by atoms with Crippen LogP contribution in [0, 0.1) is 0 Å². The largest absolute Gasteiger partial charge is 0.383 e. The molecule has 0 aromatic heterocycles. The molecule has 0 atom stereocenters. The zero-order chi connectivity index (χ0) is 8.72. The molecule has 12 heavy (non-hydrogen) atoms. The molecule has 0 aromatic carbocycles. The van der Waals surface area contributed by atoms with Crippen LogP contribution in [0.25, 0.3) is 0 Å². The Balaban J connectivity index is 2.33. The first-order valence-electron chi connectivity index (χ1n) is 3.42. The zero-order valence-electron chi connectivity index (χ0n) is 6.38. The second-order valence-corrected chi connectivity index (χ2v) is 2.56. The van der Waals surface area contributed by atoms with E-state index in [2.05, 4.69) is 0 Å². The minimum atomic E-state index is 0.471. The van der Waals surface area contributed by atoms with Crippen molar-refractivity contribution in [2.75, 3.05) is 0 Å². The van der Waals surface area contributed by atoms with Crippen LogP contribution in [0.2, 0.25) is 0 Å². The van der Waals surface area contributed by atoms with Gasteiger partial charge < -0.3 is 10.6 Å². The maximum Gasteiger partial charge on any atom is 0.149 e. The second kappa shape index (κ2) is 2.16. The Morgan fingerprint density at radius 2 is 1.75 bits per heavy atom. The van der Waals surface area contributed by atoms with Crippen molar-refractivity contribution in [3.05, 3.63) is 36.4 Å². The maximum atomic E-state index is 5.58. The average Bonchev–Trinajstić information content (AvgIpc) is 2.35. The molecule has 6 N–H and O–H groups in total. The van der Waals surface area contributed by atoms with Crippen LogP contribution in [0.1, 0.15) is 0 Å². The van der Waals surface area contributed by atoms with E-state index in [1.807, 2.05) is 0 Å². The fourth-order valence-electron chi connectivity index (χ4n) is 1.08. The molecule has 0 saturated carbocycles. The van der Waals surface area contributed by atoms with Gasteiger partial charge in [0.2, 0.25) is 0 Å². The fourth-order valence-corrected chi connectivity index (χ4v) is 1.08. The van der Waals surface area contributed by atoms with Crippen LogP contribution in [0.4, 0.5) is 0 Å². The predicted octanol–water partition coefficient (Wildman–Crippen LogP) is -1.31. The van der Waals surface area contributed by atoms with Crippen LogP contribution in [-0.4, -0.2) is 14.9 Å². The number of fused-ring (bicyclic) bond motifs is 1. The summed E-state index contributed by atoms with van der Waals surface area (Å²) in [7, 11) is 0. The molecule has 0 aromatic rings. The van der Waals surface area contributed by atoms with E-state index in [-0.39, 0.29) is 0 Å². The Bertz CT molecular complexity index is 290. The van der Waals surface area contributed by atoms with Crippen molar-refractivity contribution >= 4 is 0 Å². The number of rotatable bonds is 0. The Morgan fingerprint density at radius 3 is 2.50 bits per heavy atom. The van der Waals surface area contributed by atoms with Gasteiger partial charge in [-0.25, -0.2) is 11.7 Å². The van der Waals surface area contributed by atoms with Crippen molar-refractivity contribution in [2.45, 2.75) is 0 Å². The van der Waals surface area contributed by atoms with E-state index in [1.165, 1.54) is 10.0 Å². The number of hydrazine groups is 2. The third kappa shape index (κ3) is 0.825. The lowest BCUT2D eigenvalue weighted by molar-refractivity contribution is 0.354. The summed E-state index contributed by atoms with van der Waals surface area (Å²) in [6.07, 6.45) is 6.86. The highest BCUT2D eigenvalue weighted by molar-refractivity contribution is 5.22. The summed E-state index contributed by atoms with van der Waals surface area (Å²) in [5.74, 6) is 12.3. The van der Waals surface area contributed by atoms with Crippen molar-refractivity contribution in [3.8, 4) is 0 Å². The van der Waals surface area contributed by atoms with Gasteiger partial charge in [-0.05, 0) is 0 Å². The molecular formula is C6H10N6. The minimum absolute atomic E-state index is 0.471. The van der Waals surface area contributed by atoms with Gasteiger partial charge in [-0.15, -0.1) is 0 Å². The van der Waals surface area contributed by atoms with E-state index >= 15 is 0 Å². The molecule has 0 bridgehead atoms. The first-order valence-corrected chi connectivity index (χ1v) is 3.42. The lowest BCUT2D eigenvalue weighted by Crippen LogP contribution is -2.38. The molecule has 2 aliphatic heterocycles. The second-order valence-electron chi connectivity index (χ2n) is 2.56. The fraction of sp³-hybridized carbons (Fsp3) is 0. The highest BCUT2D eigenvalue weighted by Gasteiger charge is 2.21. The Kier molecular flexibility index (Phi) is 1.26. The topological polar surface area (TPSA) is 87.8 Å². The van der Waals surface area contributed by atoms with Crippen molar-refractivity contribution in [2.24, 2.45) is 17.4 Å². The number of nitrogens with zero attached hydrogens (tertiary/aromatic N) is 3. The summed E-state index contributed by atoms with van der Waals surface area (Å²) in [5.41, 5.74) is 5.56. The van der Waals surface area contributed by atoms with Gasteiger partial charge in [-0.1, -0.05) is 0 Å². The van der Waals surface area contributed by atoms with Crippen molar-refractivity contribution in [1.29, 1.82) is 0 Å². The number of hydrogen-bond donors (Lipinski definition) is 3. The molecule has 0 amide bonds. The third-order valence-corrected chi connectivity index (χ3v) is 1.74. The molecule has 2 heterocycles.